The van der Waals surface area contributed by atoms with E-state index in [1.165, 1.54) is 6.42 Å². The molecule has 2 rings (SSSR count). The van der Waals surface area contributed by atoms with Crippen molar-refractivity contribution in [1.82, 2.24) is 0 Å². The van der Waals surface area contributed by atoms with E-state index in [1.807, 2.05) is 6.92 Å². The van der Waals surface area contributed by atoms with Crippen molar-refractivity contribution in [3.05, 3.63) is 0 Å². The number of hydrogen-bond donors (Lipinski definition) is 0. The SMILES string of the molecule is CC(C)[Si](OCCC[C@H]1O[C@@]2(CCC[C@@H](CC[C@H](C)C=O)O2)CC[C@@H]1C)(C(C)C)C(C)C. The Kier molecular flexibility index (Phi) is 10.9. The highest BCUT2D eigenvalue weighted by molar-refractivity contribution is 6.77. The first-order valence-corrected chi connectivity index (χ1v) is 15.6. The molecule has 188 valence electrons. The van der Waals surface area contributed by atoms with Crippen molar-refractivity contribution in [2.24, 2.45) is 11.8 Å². The second-order valence-corrected chi connectivity index (χ2v) is 17.2. The zero-order valence-corrected chi connectivity index (χ0v) is 23.3. The molecule has 0 aromatic rings. The summed E-state index contributed by atoms with van der Waals surface area (Å²) >= 11 is 0. The Morgan fingerprint density at radius 1 is 0.969 bits per heavy atom. The quantitative estimate of drug-likeness (QED) is 0.167. The molecule has 0 aliphatic carbocycles. The number of carbonyl (C=O) groups is 1. The van der Waals surface area contributed by atoms with Gasteiger partial charge in [0.2, 0.25) is 0 Å². The van der Waals surface area contributed by atoms with Crippen LogP contribution >= 0.6 is 0 Å². The molecule has 0 amide bonds. The molecule has 2 aliphatic rings. The summed E-state index contributed by atoms with van der Waals surface area (Å²) in [6.45, 7) is 19.3. The third-order valence-corrected chi connectivity index (χ3v) is 14.4. The van der Waals surface area contributed by atoms with E-state index in [9.17, 15) is 4.79 Å². The zero-order valence-electron chi connectivity index (χ0n) is 22.3. The minimum atomic E-state index is -1.79. The lowest BCUT2D eigenvalue weighted by atomic mass is 9.85. The minimum Gasteiger partial charge on any atom is -0.416 e. The highest BCUT2D eigenvalue weighted by atomic mass is 28.4. The minimum absolute atomic E-state index is 0.120. The lowest BCUT2D eigenvalue weighted by Crippen LogP contribution is -2.50. The first-order valence-electron chi connectivity index (χ1n) is 13.5. The molecule has 5 atom stereocenters. The third kappa shape index (κ3) is 6.90. The van der Waals surface area contributed by atoms with Gasteiger partial charge in [-0.3, -0.25) is 0 Å². The highest BCUT2D eigenvalue weighted by Gasteiger charge is 2.46. The van der Waals surface area contributed by atoms with E-state index in [0.29, 0.717) is 22.5 Å². The zero-order chi connectivity index (χ0) is 23.9. The van der Waals surface area contributed by atoms with Crippen molar-refractivity contribution in [1.29, 1.82) is 0 Å². The normalized spacial score (nSPS) is 30.4. The second kappa shape index (κ2) is 12.5. The molecule has 2 aliphatic heterocycles. The van der Waals surface area contributed by atoms with Crippen LogP contribution in [0, 0.1) is 11.8 Å². The molecule has 2 fully saturated rings. The van der Waals surface area contributed by atoms with Crippen LogP contribution in [0.1, 0.15) is 113 Å². The van der Waals surface area contributed by atoms with Crippen molar-refractivity contribution in [3.63, 3.8) is 0 Å². The number of hydrogen-bond acceptors (Lipinski definition) is 4. The Labute approximate surface area is 199 Å². The fraction of sp³-hybridized carbons (Fsp3) is 0.963. The van der Waals surface area contributed by atoms with Gasteiger partial charge in [-0.05, 0) is 67.5 Å². The largest absolute Gasteiger partial charge is 0.416 e. The maximum atomic E-state index is 11.0. The highest BCUT2D eigenvalue weighted by Crippen LogP contribution is 2.44. The van der Waals surface area contributed by atoms with Gasteiger partial charge in [0.15, 0.2) is 14.1 Å². The molecule has 32 heavy (non-hydrogen) atoms. The smallest absolute Gasteiger partial charge is 0.200 e. The van der Waals surface area contributed by atoms with Crippen LogP contribution in [0.25, 0.3) is 0 Å². The monoisotopic (exact) mass is 468 g/mol. The number of ether oxygens (including phenoxy) is 2. The van der Waals surface area contributed by atoms with Crippen LogP contribution in [0.2, 0.25) is 16.6 Å². The van der Waals surface area contributed by atoms with Gasteiger partial charge in [-0.15, -0.1) is 0 Å². The molecular formula is C27H52O4Si. The van der Waals surface area contributed by atoms with E-state index in [-0.39, 0.29) is 18.1 Å². The van der Waals surface area contributed by atoms with E-state index in [1.54, 1.807) is 0 Å². The average molecular weight is 469 g/mol. The lowest BCUT2D eigenvalue weighted by molar-refractivity contribution is -0.324. The summed E-state index contributed by atoms with van der Waals surface area (Å²) in [6, 6.07) is 0. The molecule has 1 spiro atoms. The predicted molar refractivity (Wildman–Crippen MR) is 135 cm³/mol. The molecule has 0 bridgehead atoms. The van der Waals surface area contributed by atoms with Gasteiger partial charge in [0.25, 0.3) is 0 Å². The summed E-state index contributed by atoms with van der Waals surface area (Å²) in [7, 11) is -1.79. The van der Waals surface area contributed by atoms with Crippen LogP contribution in [-0.4, -0.2) is 39.2 Å². The Balaban J connectivity index is 1.90. The first kappa shape index (κ1) is 28.0. The van der Waals surface area contributed by atoms with Gasteiger partial charge in [0.1, 0.15) is 6.29 Å². The summed E-state index contributed by atoms with van der Waals surface area (Å²) in [5.74, 6) is 0.300. The van der Waals surface area contributed by atoms with Crippen molar-refractivity contribution >= 4 is 14.6 Å². The molecule has 0 saturated carbocycles. The van der Waals surface area contributed by atoms with Crippen molar-refractivity contribution in [2.45, 2.75) is 148 Å². The first-order chi connectivity index (χ1) is 15.1. The van der Waals surface area contributed by atoms with Crippen LogP contribution in [0.15, 0.2) is 0 Å². The van der Waals surface area contributed by atoms with Crippen LogP contribution in [0.3, 0.4) is 0 Å². The van der Waals surface area contributed by atoms with Gasteiger partial charge in [-0.2, -0.15) is 0 Å². The number of carbonyl (C=O) groups excluding carboxylic acids is 1. The van der Waals surface area contributed by atoms with Crippen LogP contribution in [0.5, 0.6) is 0 Å². The van der Waals surface area contributed by atoms with E-state index >= 15 is 0 Å². The molecule has 2 saturated heterocycles. The Morgan fingerprint density at radius 3 is 2.22 bits per heavy atom. The average Bonchev–Trinajstić information content (AvgIpc) is 2.74. The van der Waals surface area contributed by atoms with Crippen molar-refractivity contribution in [2.75, 3.05) is 6.61 Å². The van der Waals surface area contributed by atoms with Gasteiger partial charge in [0, 0.05) is 25.4 Å². The van der Waals surface area contributed by atoms with E-state index in [4.69, 9.17) is 13.9 Å². The van der Waals surface area contributed by atoms with Gasteiger partial charge in [0.05, 0.1) is 12.2 Å². The summed E-state index contributed by atoms with van der Waals surface area (Å²) < 4.78 is 20.1. The Bertz CT molecular complexity index is 542. The second-order valence-electron chi connectivity index (χ2n) is 11.7. The standard InChI is InChI=1S/C27H52O4Si/c1-20(2)32(21(3)4,22(5)6)29-18-10-12-26-24(8)15-17-27(31-26)16-9-11-25(30-27)14-13-23(7)19-28/h19-26H,9-18H2,1-8H3/t23-,24-,25-,26+,27-/m0/s1. The lowest BCUT2D eigenvalue weighted by Gasteiger charge is -2.48. The van der Waals surface area contributed by atoms with Crippen molar-refractivity contribution < 1.29 is 18.7 Å². The molecule has 0 aromatic carbocycles. The molecule has 0 N–H and O–H groups in total. The van der Waals surface area contributed by atoms with Gasteiger partial charge < -0.3 is 18.7 Å². The molecule has 2 heterocycles. The van der Waals surface area contributed by atoms with Crippen LogP contribution in [0.4, 0.5) is 0 Å². The van der Waals surface area contributed by atoms with E-state index in [2.05, 4.69) is 48.5 Å². The van der Waals surface area contributed by atoms with Gasteiger partial charge in [-0.1, -0.05) is 55.4 Å². The van der Waals surface area contributed by atoms with E-state index < -0.39 is 14.1 Å². The van der Waals surface area contributed by atoms with Crippen LogP contribution in [-0.2, 0) is 18.7 Å². The molecule has 4 nitrogen and oxygen atoms in total. The summed E-state index contributed by atoms with van der Waals surface area (Å²) in [5.41, 5.74) is 1.89. The summed E-state index contributed by atoms with van der Waals surface area (Å²) in [6.07, 6.45) is 11.0. The number of aldehydes is 1. The topological polar surface area (TPSA) is 44.8 Å². The van der Waals surface area contributed by atoms with Crippen LogP contribution < -0.4 is 0 Å². The fourth-order valence-electron chi connectivity index (χ4n) is 6.47. The maximum absolute atomic E-state index is 11.0. The Morgan fingerprint density at radius 2 is 1.62 bits per heavy atom. The molecule has 5 heteroatoms. The summed E-state index contributed by atoms with van der Waals surface area (Å²) in [4.78, 5) is 11.0. The fourth-order valence-corrected chi connectivity index (χ4v) is 12.0. The maximum Gasteiger partial charge on any atom is 0.200 e. The van der Waals surface area contributed by atoms with Gasteiger partial charge >= 0.3 is 0 Å². The number of rotatable bonds is 12. The molecular weight excluding hydrogens is 416 g/mol. The van der Waals surface area contributed by atoms with E-state index in [0.717, 1.165) is 64.3 Å². The van der Waals surface area contributed by atoms with Gasteiger partial charge in [-0.25, -0.2) is 0 Å². The molecule has 0 unspecified atom stereocenters. The third-order valence-electron chi connectivity index (χ3n) is 8.32. The predicted octanol–water partition coefficient (Wildman–Crippen LogP) is 7.65. The molecule has 0 aromatic heterocycles. The van der Waals surface area contributed by atoms with Crippen molar-refractivity contribution in [3.8, 4) is 0 Å². The Hall–Kier alpha value is -0.233. The summed E-state index contributed by atoms with van der Waals surface area (Å²) in [5, 5.41) is 0. The molecule has 0 radical (unpaired) electrons.